The van der Waals surface area contributed by atoms with Gasteiger partial charge in [0.1, 0.15) is 11.9 Å². The highest BCUT2D eigenvalue weighted by molar-refractivity contribution is 5.79. The Bertz CT molecular complexity index is 1180. The van der Waals surface area contributed by atoms with Crippen molar-refractivity contribution in [2.45, 2.75) is 38.2 Å². The number of benzene rings is 1. The normalized spacial score (nSPS) is 18.5. The first-order chi connectivity index (χ1) is 15.6. The van der Waals surface area contributed by atoms with Gasteiger partial charge in [0, 0.05) is 36.6 Å². The van der Waals surface area contributed by atoms with E-state index < -0.39 is 5.97 Å². The van der Waals surface area contributed by atoms with Gasteiger partial charge in [-0.15, -0.1) is 0 Å². The quantitative estimate of drug-likeness (QED) is 0.464. The SMILES string of the molecule is O=C(O)C[C@H]1CC[C@H](Oc2ccc(-c3ncc(-c4nc5ccccc5[nH]4)cn3)cn2)CC1. The number of fused-ring (bicyclic) bond motifs is 1. The highest BCUT2D eigenvalue weighted by Gasteiger charge is 2.24. The Morgan fingerprint density at radius 3 is 2.41 bits per heavy atom. The van der Waals surface area contributed by atoms with Crippen LogP contribution in [0.4, 0.5) is 0 Å². The Labute approximate surface area is 184 Å². The number of imidazole rings is 1. The summed E-state index contributed by atoms with van der Waals surface area (Å²) in [4.78, 5) is 32.1. The minimum Gasteiger partial charge on any atom is -0.481 e. The second-order valence-electron chi connectivity index (χ2n) is 8.14. The zero-order valence-electron chi connectivity index (χ0n) is 17.4. The van der Waals surface area contributed by atoms with Crippen molar-refractivity contribution in [1.82, 2.24) is 24.9 Å². The number of pyridine rings is 1. The average molecular weight is 429 g/mol. The van der Waals surface area contributed by atoms with Crippen molar-refractivity contribution in [1.29, 1.82) is 0 Å². The molecule has 3 heterocycles. The van der Waals surface area contributed by atoms with Crippen molar-refractivity contribution < 1.29 is 14.6 Å². The van der Waals surface area contributed by atoms with Crippen molar-refractivity contribution in [3.63, 3.8) is 0 Å². The summed E-state index contributed by atoms with van der Waals surface area (Å²) < 4.78 is 5.99. The van der Waals surface area contributed by atoms with Crippen LogP contribution in [0, 0.1) is 5.92 Å². The molecule has 2 N–H and O–H groups in total. The topological polar surface area (TPSA) is 114 Å². The van der Waals surface area contributed by atoms with Crippen LogP contribution in [0.1, 0.15) is 32.1 Å². The molecule has 0 radical (unpaired) electrons. The van der Waals surface area contributed by atoms with Gasteiger partial charge in [-0.1, -0.05) is 12.1 Å². The van der Waals surface area contributed by atoms with E-state index in [1.165, 1.54) is 0 Å². The van der Waals surface area contributed by atoms with E-state index in [9.17, 15) is 4.79 Å². The first kappa shape index (κ1) is 20.1. The lowest BCUT2D eigenvalue weighted by molar-refractivity contribution is -0.138. The zero-order valence-corrected chi connectivity index (χ0v) is 17.4. The maximum atomic E-state index is 10.9. The third kappa shape index (κ3) is 4.44. The van der Waals surface area contributed by atoms with Gasteiger partial charge in [0.05, 0.1) is 16.6 Å². The Kier molecular flexibility index (Phi) is 5.49. The summed E-state index contributed by atoms with van der Waals surface area (Å²) in [5.41, 5.74) is 3.50. The van der Waals surface area contributed by atoms with Crippen LogP contribution in [0.25, 0.3) is 33.8 Å². The van der Waals surface area contributed by atoms with Crippen LogP contribution in [0.15, 0.2) is 55.0 Å². The van der Waals surface area contributed by atoms with E-state index >= 15 is 0 Å². The van der Waals surface area contributed by atoms with E-state index in [0.717, 1.165) is 53.7 Å². The summed E-state index contributed by atoms with van der Waals surface area (Å²) in [6, 6.07) is 11.6. The number of carboxylic acids is 1. The number of aromatic nitrogens is 5. The van der Waals surface area contributed by atoms with Crippen LogP contribution >= 0.6 is 0 Å². The Balaban J connectivity index is 1.22. The van der Waals surface area contributed by atoms with E-state index in [2.05, 4.69) is 24.9 Å². The number of aromatic amines is 1. The fourth-order valence-corrected chi connectivity index (χ4v) is 4.14. The molecule has 8 nitrogen and oxygen atoms in total. The minimum atomic E-state index is -0.723. The molecule has 8 heteroatoms. The van der Waals surface area contributed by atoms with Gasteiger partial charge >= 0.3 is 5.97 Å². The number of hydrogen-bond acceptors (Lipinski definition) is 6. The standard InChI is InChI=1S/C24H23N5O3/c30-22(31)11-15-5-8-18(9-6-15)32-21-10-7-16(12-25-21)23-26-13-17(14-27-23)24-28-19-3-1-2-4-20(19)29-24/h1-4,7,10,12-15,18H,5-6,8-9,11H2,(H,28,29)(H,30,31)/t15-,18-. The summed E-state index contributed by atoms with van der Waals surface area (Å²) in [5.74, 6) is 1.41. The van der Waals surface area contributed by atoms with E-state index in [0.29, 0.717) is 11.7 Å². The molecule has 162 valence electrons. The average Bonchev–Trinajstić information content (AvgIpc) is 3.25. The maximum Gasteiger partial charge on any atom is 0.303 e. The van der Waals surface area contributed by atoms with Crippen molar-refractivity contribution >= 4 is 17.0 Å². The van der Waals surface area contributed by atoms with Crippen LogP contribution in [0.5, 0.6) is 5.88 Å². The molecule has 0 aliphatic heterocycles. The van der Waals surface area contributed by atoms with Crippen LogP contribution < -0.4 is 4.74 Å². The summed E-state index contributed by atoms with van der Waals surface area (Å²) >= 11 is 0. The second kappa shape index (κ2) is 8.74. The third-order valence-corrected chi connectivity index (χ3v) is 5.85. The molecule has 0 spiro atoms. The van der Waals surface area contributed by atoms with Crippen molar-refractivity contribution in [3.8, 4) is 28.7 Å². The van der Waals surface area contributed by atoms with Gasteiger partial charge in [0.25, 0.3) is 0 Å². The number of carboxylic acid groups (broad SMARTS) is 1. The summed E-state index contributed by atoms with van der Waals surface area (Å²) in [5, 5.41) is 8.93. The first-order valence-corrected chi connectivity index (χ1v) is 10.8. The molecule has 1 aliphatic rings. The molecule has 1 aromatic carbocycles. The largest absolute Gasteiger partial charge is 0.481 e. The fourth-order valence-electron chi connectivity index (χ4n) is 4.14. The van der Waals surface area contributed by atoms with Gasteiger partial charge in [-0.05, 0) is 49.8 Å². The Morgan fingerprint density at radius 1 is 0.969 bits per heavy atom. The molecule has 0 atom stereocenters. The van der Waals surface area contributed by atoms with Crippen molar-refractivity contribution in [3.05, 3.63) is 55.0 Å². The molecule has 0 bridgehead atoms. The predicted molar refractivity (Wildman–Crippen MR) is 119 cm³/mol. The van der Waals surface area contributed by atoms with Gasteiger partial charge in [0.2, 0.25) is 5.88 Å². The lowest BCUT2D eigenvalue weighted by Gasteiger charge is -2.27. The van der Waals surface area contributed by atoms with Crippen LogP contribution in [0.3, 0.4) is 0 Å². The molecular weight excluding hydrogens is 406 g/mol. The number of para-hydroxylation sites is 2. The van der Waals surface area contributed by atoms with E-state index in [4.69, 9.17) is 9.84 Å². The lowest BCUT2D eigenvalue weighted by Crippen LogP contribution is -2.25. The number of rotatable bonds is 6. The zero-order chi connectivity index (χ0) is 21.9. The number of carbonyl (C=O) groups is 1. The van der Waals surface area contributed by atoms with Crippen LogP contribution in [-0.4, -0.2) is 42.1 Å². The van der Waals surface area contributed by atoms with Gasteiger partial charge < -0.3 is 14.8 Å². The fraction of sp³-hybridized carbons (Fsp3) is 0.292. The van der Waals surface area contributed by atoms with Gasteiger partial charge in [0.15, 0.2) is 5.82 Å². The summed E-state index contributed by atoms with van der Waals surface area (Å²) in [6.45, 7) is 0. The van der Waals surface area contributed by atoms with E-state index in [1.54, 1.807) is 18.6 Å². The molecule has 0 unspecified atom stereocenters. The Morgan fingerprint density at radius 2 is 1.72 bits per heavy atom. The highest BCUT2D eigenvalue weighted by atomic mass is 16.5. The van der Waals surface area contributed by atoms with Crippen LogP contribution in [0.2, 0.25) is 0 Å². The van der Waals surface area contributed by atoms with E-state index in [1.807, 2.05) is 36.4 Å². The van der Waals surface area contributed by atoms with Crippen molar-refractivity contribution in [2.24, 2.45) is 5.92 Å². The van der Waals surface area contributed by atoms with Gasteiger partial charge in [-0.2, -0.15) is 0 Å². The molecule has 1 aliphatic carbocycles. The molecule has 3 aromatic heterocycles. The highest BCUT2D eigenvalue weighted by Crippen LogP contribution is 2.29. The number of hydrogen-bond donors (Lipinski definition) is 2. The monoisotopic (exact) mass is 429 g/mol. The second-order valence-corrected chi connectivity index (χ2v) is 8.14. The molecule has 1 saturated carbocycles. The first-order valence-electron chi connectivity index (χ1n) is 10.8. The third-order valence-electron chi connectivity index (χ3n) is 5.85. The number of H-pyrrole nitrogens is 1. The number of nitrogens with zero attached hydrogens (tertiary/aromatic N) is 4. The smallest absolute Gasteiger partial charge is 0.303 e. The van der Waals surface area contributed by atoms with E-state index in [-0.39, 0.29) is 18.4 Å². The van der Waals surface area contributed by atoms with Gasteiger partial charge in [-0.3, -0.25) is 4.79 Å². The molecule has 0 amide bonds. The molecule has 0 saturated heterocycles. The molecule has 1 fully saturated rings. The predicted octanol–water partition coefficient (Wildman–Crippen LogP) is 4.49. The molecular formula is C24H23N5O3. The summed E-state index contributed by atoms with van der Waals surface area (Å²) in [7, 11) is 0. The number of aliphatic carboxylic acids is 1. The molecule has 5 rings (SSSR count). The molecule has 32 heavy (non-hydrogen) atoms. The van der Waals surface area contributed by atoms with Gasteiger partial charge in [-0.25, -0.2) is 19.9 Å². The number of ether oxygens (including phenoxy) is 1. The summed E-state index contributed by atoms with van der Waals surface area (Å²) in [6.07, 6.45) is 9.00. The lowest BCUT2D eigenvalue weighted by atomic mass is 9.85. The minimum absolute atomic E-state index is 0.0812. The Hall–Kier alpha value is -3.81. The van der Waals surface area contributed by atoms with Crippen molar-refractivity contribution in [2.75, 3.05) is 0 Å². The van der Waals surface area contributed by atoms with Crippen LogP contribution in [-0.2, 0) is 4.79 Å². The maximum absolute atomic E-state index is 10.9. The molecule has 4 aromatic rings. The number of nitrogens with one attached hydrogen (secondary N) is 1.